The van der Waals surface area contributed by atoms with Gasteiger partial charge in [0.25, 0.3) is 0 Å². The van der Waals surface area contributed by atoms with E-state index in [0.717, 1.165) is 156 Å². The second-order valence-electron chi connectivity index (χ2n) is 30.9. The molecule has 31 nitrogen and oxygen atoms in total. The number of ether oxygens (including phenoxy) is 3. The summed E-state index contributed by atoms with van der Waals surface area (Å²) in [6.07, 6.45) is 13.8. The molecular formula is C90H101N25O6. The van der Waals surface area contributed by atoms with Crippen molar-refractivity contribution >= 4 is 111 Å². The lowest BCUT2D eigenvalue weighted by molar-refractivity contribution is 0.148. The standard InChI is InChI=1S/C32H36N8O2.C31H34N8O2.C27H31N9O2/c1-22-6-5-7-23(2)29(22)39-21-25-18-34-31(36-30(25)40(32(39)41)28-13-12-27(42-4)19-33-28)35-26-10-8-24(9-11-26)20-38-16-14-37(3)15-17-38;1-21-6-5-7-22(2)28(21)38-20-23-18-33-30(34-24-8-10-25(11-9-24)37-16-14-36(3)15-17-37)35-29(23)39(31(38)40)27-13-12-26(41-4)19-32-27;1-18-7-6-8-19(2)24(18)35-16-20-13-29-26(31-21-14-30-34(17-21)12-11-33(3)4)32-25(20)36(27(35)37)23-10-9-22(38-5)15-28-23/h5-13,18-19H,14-17,20-21H2,1-4H3,(H,34,35,36);5-13,18-19H,14-17,20H2,1-4H3,(H,33,34,35);6-10,13-15,17H,11-12,16H2,1-5H3,(H,29,31,32). The third-order valence-electron chi connectivity index (χ3n) is 22.0. The molecule has 17 rings (SSSR count). The Labute approximate surface area is 704 Å². The first-order valence-electron chi connectivity index (χ1n) is 40.3. The first-order valence-corrected chi connectivity index (χ1v) is 40.3. The number of aromatic nitrogens is 11. The Morgan fingerprint density at radius 1 is 0.397 bits per heavy atom. The van der Waals surface area contributed by atoms with Crippen LogP contribution in [0.4, 0.5) is 107 Å². The number of carbonyl (C=O) groups is 3. The lowest BCUT2D eigenvalue weighted by Crippen LogP contribution is -2.46. The van der Waals surface area contributed by atoms with Crippen LogP contribution in [-0.2, 0) is 32.7 Å². The summed E-state index contributed by atoms with van der Waals surface area (Å²) in [6.45, 7) is 24.2. The zero-order valence-corrected chi connectivity index (χ0v) is 70.6. The van der Waals surface area contributed by atoms with Crippen LogP contribution in [-0.4, -0.2) is 201 Å². The van der Waals surface area contributed by atoms with E-state index >= 15 is 0 Å². The average molecular weight is 1630 g/mol. The van der Waals surface area contributed by atoms with E-state index in [4.69, 9.17) is 29.2 Å². The number of urea groups is 3. The highest BCUT2D eigenvalue weighted by Gasteiger charge is 2.40. The number of amides is 6. The Kier molecular flexibility index (Phi) is 24.9. The summed E-state index contributed by atoms with van der Waals surface area (Å²) in [4.78, 5) is 106. The number of likely N-dealkylation sites (N-methyl/N-ethyl adjacent to an activating group) is 3. The molecule has 5 aliphatic rings. The largest absolute Gasteiger partial charge is 0.495 e. The van der Waals surface area contributed by atoms with Crippen molar-refractivity contribution in [3.8, 4) is 17.2 Å². The van der Waals surface area contributed by atoms with E-state index in [1.165, 1.54) is 16.2 Å². The Bertz CT molecular complexity index is 5610. The molecule has 0 spiro atoms. The Morgan fingerprint density at radius 3 is 1.10 bits per heavy atom. The number of hydrogen-bond acceptors (Lipinski definition) is 24. The highest BCUT2D eigenvalue weighted by molar-refractivity contribution is 6.12. The third kappa shape index (κ3) is 18.6. The topological polar surface area (TPSA) is 284 Å². The van der Waals surface area contributed by atoms with Gasteiger partial charge in [0.15, 0.2) is 17.5 Å². The zero-order chi connectivity index (χ0) is 84.5. The molecule has 2 saturated heterocycles. The molecule has 0 atom stereocenters. The van der Waals surface area contributed by atoms with Crippen LogP contribution in [0.1, 0.15) is 55.6 Å². The molecule has 0 aliphatic carbocycles. The van der Waals surface area contributed by atoms with Crippen molar-refractivity contribution in [1.82, 2.24) is 74.2 Å². The predicted octanol–water partition coefficient (Wildman–Crippen LogP) is 14.8. The monoisotopic (exact) mass is 1630 g/mol. The Morgan fingerprint density at radius 2 is 0.752 bits per heavy atom. The van der Waals surface area contributed by atoms with Gasteiger partial charge in [0.2, 0.25) is 17.8 Å². The molecule has 2 fully saturated rings. The lowest BCUT2D eigenvalue weighted by Gasteiger charge is -2.36. The van der Waals surface area contributed by atoms with Crippen LogP contribution in [0.15, 0.2) is 189 Å². The van der Waals surface area contributed by atoms with Crippen molar-refractivity contribution < 1.29 is 28.6 Å². The predicted molar refractivity (Wildman–Crippen MR) is 473 cm³/mol. The van der Waals surface area contributed by atoms with Crippen molar-refractivity contribution in [3.63, 3.8) is 0 Å². The number of anilines is 16. The normalized spacial score (nSPS) is 15.0. The van der Waals surface area contributed by atoms with Crippen LogP contribution in [0, 0.1) is 41.5 Å². The molecule has 0 saturated carbocycles. The van der Waals surface area contributed by atoms with Crippen molar-refractivity contribution in [2.24, 2.45) is 0 Å². The summed E-state index contributed by atoms with van der Waals surface area (Å²) >= 11 is 0. The first-order chi connectivity index (χ1) is 58.6. The smallest absolute Gasteiger partial charge is 0.336 e. The number of rotatable bonds is 21. The van der Waals surface area contributed by atoms with Crippen LogP contribution in [0.3, 0.4) is 0 Å². The molecule has 121 heavy (non-hydrogen) atoms. The number of aryl methyl sites for hydroxylation is 6. The SMILES string of the molecule is COc1ccc(N2C(=O)N(c3c(C)cccc3C)Cc3cnc(Nc4ccc(CN5CCN(C)CC5)cc4)nc32)nc1.COc1ccc(N2C(=O)N(c3c(C)cccc3C)Cc3cnc(Nc4ccc(N5CCN(C)CC5)cc4)nc32)nc1.COc1ccc(N2C(=O)N(c3c(C)cccc3C)Cc3cnc(Nc4cnn(CCN(C)C)c4)nc32)nc1. The molecule has 12 heterocycles. The minimum Gasteiger partial charge on any atom is -0.495 e. The molecule has 5 aliphatic heterocycles. The van der Waals surface area contributed by atoms with Crippen LogP contribution >= 0.6 is 0 Å². The van der Waals surface area contributed by atoms with Gasteiger partial charge in [-0.1, -0.05) is 66.7 Å². The fourth-order valence-corrected chi connectivity index (χ4v) is 15.4. The maximum absolute atomic E-state index is 14.1. The lowest BCUT2D eigenvalue weighted by atomic mass is 10.1. The first kappa shape index (κ1) is 82.4. The number of methoxy groups -OCH3 is 3. The summed E-state index contributed by atoms with van der Waals surface area (Å²) in [7, 11) is 13.1. The molecule has 0 unspecified atom stereocenters. The van der Waals surface area contributed by atoms with Crippen LogP contribution < -0.4 is 64.5 Å². The van der Waals surface area contributed by atoms with Gasteiger partial charge in [0, 0.05) is 124 Å². The van der Waals surface area contributed by atoms with Crippen LogP contribution in [0.2, 0.25) is 0 Å². The molecule has 0 bridgehead atoms. The molecular weight excluding hydrogens is 1530 g/mol. The quantitative estimate of drug-likeness (QED) is 0.0602. The highest BCUT2D eigenvalue weighted by Crippen LogP contribution is 2.43. The van der Waals surface area contributed by atoms with E-state index in [-0.39, 0.29) is 18.1 Å². The van der Waals surface area contributed by atoms with Crippen molar-refractivity contribution in [2.45, 2.75) is 74.3 Å². The number of para-hydroxylation sites is 3. The van der Waals surface area contributed by atoms with Gasteiger partial charge >= 0.3 is 18.1 Å². The van der Waals surface area contributed by atoms with Crippen LogP contribution in [0.5, 0.6) is 17.2 Å². The van der Waals surface area contributed by atoms with Gasteiger partial charge in [-0.2, -0.15) is 20.1 Å². The van der Waals surface area contributed by atoms with Gasteiger partial charge < -0.3 is 49.8 Å². The molecule has 0 radical (unpaired) electrons. The number of nitrogens with zero attached hydrogens (tertiary/aromatic N) is 22. The summed E-state index contributed by atoms with van der Waals surface area (Å²) in [5.74, 6) is 5.82. The molecule has 31 heteroatoms. The van der Waals surface area contributed by atoms with Crippen molar-refractivity contribution in [3.05, 3.63) is 245 Å². The Balaban J connectivity index is 0.000000141. The summed E-state index contributed by atoms with van der Waals surface area (Å²) in [5, 5.41) is 14.3. The van der Waals surface area contributed by atoms with E-state index in [1.54, 1.807) is 126 Å². The molecule has 622 valence electrons. The minimum atomic E-state index is -0.242. The maximum Gasteiger partial charge on any atom is 0.336 e. The second-order valence-corrected chi connectivity index (χ2v) is 30.9. The number of hydrogen-bond donors (Lipinski definition) is 3. The van der Waals surface area contributed by atoms with E-state index in [1.807, 2.05) is 145 Å². The summed E-state index contributed by atoms with van der Waals surface area (Å²) < 4.78 is 17.7. The van der Waals surface area contributed by atoms with Gasteiger partial charge in [0.1, 0.15) is 34.7 Å². The fourth-order valence-electron chi connectivity index (χ4n) is 15.4. The van der Waals surface area contributed by atoms with Gasteiger partial charge in [-0.25, -0.2) is 59.0 Å². The minimum absolute atomic E-state index is 0.226. The number of pyridine rings is 3. The zero-order valence-electron chi connectivity index (χ0n) is 70.6. The van der Waals surface area contributed by atoms with Crippen molar-refractivity contribution in [1.29, 1.82) is 0 Å². The van der Waals surface area contributed by atoms with Gasteiger partial charge in [-0.05, 0) is 181 Å². The Hall–Kier alpha value is -13.8. The molecule has 7 aromatic heterocycles. The number of nitrogens with one attached hydrogen (secondary N) is 3. The number of fused-ring (bicyclic) bond motifs is 3. The molecule has 3 N–H and O–H groups in total. The van der Waals surface area contributed by atoms with E-state index < -0.39 is 0 Å². The molecule has 5 aromatic carbocycles. The fraction of sp³-hybridized carbons (Fsp3) is 0.300. The van der Waals surface area contributed by atoms with E-state index in [9.17, 15) is 14.4 Å². The van der Waals surface area contributed by atoms with Crippen molar-refractivity contribution in [2.75, 3.05) is 159 Å². The van der Waals surface area contributed by atoms with E-state index in [0.29, 0.717) is 89.6 Å². The molecule has 12 aromatic rings. The van der Waals surface area contributed by atoms with Gasteiger partial charge in [-0.15, -0.1) is 0 Å². The second kappa shape index (κ2) is 36.6. The summed E-state index contributed by atoms with van der Waals surface area (Å²) in [6, 6.07) is 44.7. The maximum atomic E-state index is 14.1. The van der Waals surface area contributed by atoms with Gasteiger partial charge in [-0.3, -0.25) is 24.3 Å². The average Bonchev–Trinajstić information content (AvgIpc) is 1.66. The highest BCUT2D eigenvalue weighted by atomic mass is 16.5. The summed E-state index contributed by atoms with van der Waals surface area (Å²) in [5.41, 5.74) is 16.1. The van der Waals surface area contributed by atoms with Crippen LogP contribution in [0.25, 0.3) is 0 Å². The number of benzene rings is 5. The van der Waals surface area contributed by atoms with E-state index in [2.05, 4.69) is 114 Å². The third-order valence-corrected chi connectivity index (χ3v) is 22.0. The van der Waals surface area contributed by atoms with Gasteiger partial charge in [0.05, 0.1) is 95.0 Å². The molecule has 6 amide bonds. The number of piperazine rings is 2. The number of carbonyl (C=O) groups excluding carboxylic acids is 3.